The van der Waals surface area contributed by atoms with E-state index in [-0.39, 0.29) is 18.1 Å². The number of amides is 2. The monoisotopic (exact) mass is 525 g/mol. The van der Waals surface area contributed by atoms with Crippen LogP contribution in [0.15, 0.2) is 39.7 Å². The van der Waals surface area contributed by atoms with Crippen molar-refractivity contribution in [3.05, 3.63) is 60.9 Å². The molecule has 1 aliphatic heterocycles. The summed E-state index contributed by atoms with van der Waals surface area (Å²) < 4.78 is 11.7. The van der Waals surface area contributed by atoms with E-state index in [9.17, 15) is 9.59 Å². The van der Waals surface area contributed by atoms with Gasteiger partial charge in [0, 0.05) is 20.1 Å². The van der Waals surface area contributed by atoms with Crippen LogP contribution < -0.4 is 9.47 Å². The molecule has 30 heavy (non-hydrogen) atoms. The standard InChI is InChI=1S/C21H14BrCl2NO4S/c1-3-6-29-19-13(7-14(22)9-17(19)28-2)8-18-20(26)25(21(27)30-18)11-12-4-5-15(23)10-16(12)24/h1,4-5,7-10H,6,11H2,2H3/b18-8-. The van der Waals surface area contributed by atoms with Crippen molar-refractivity contribution >= 4 is 68.1 Å². The average molecular weight is 527 g/mol. The minimum Gasteiger partial charge on any atom is -0.493 e. The maximum Gasteiger partial charge on any atom is 0.293 e. The van der Waals surface area contributed by atoms with Gasteiger partial charge in [-0.15, -0.1) is 6.42 Å². The first-order valence-electron chi connectivity index (χ1n) is 8.47. The molecule has 5 nitrogen and oxygen atoms in total. The quantitative estimate of drug-likeness (QED) is 0.340. The molecule has 2 amide bonds. The maximum atomic E-state index is 12.9. The van der Waals surface area contributed by atoms with Crippen molar-refractivity contribution in [2.24, 2.45) is 0 Å². The Morgan fingerprint density at radius 1 is 1.27 bits per heavy atom. The third-order valence-electron chi connectivity index (χ3n) is 4.07. The van der Waals surface area contributed by atoms with Crippen molar-refractivity contribution < 1.29 is 19.1 Å². The molecule has 0 bridgehead atoms. The Bertz CT molecular complexity index is 1100. The summed E-state index contributed by atoms with van der Waals surface area (Å²) >= 11 is 16.3. The summed E-state index contributed by atoms with van der Waals surface area (Å²) in [6, 6.07) is 8.37. The number of carbonyl (C=O) groups is 2. The van der Waals surface area contributed by atoms with Crippen molar-refractivity contribution in [2.75, 3.05) is 13.7 Å². The van der Waals surface area contributed by atoms with Crippen LogP contribution in [0, 0.1) is 12.3 Å². The molecule has 0 N–H and O–H groups in total. The number of thioether (sulfide) groups is 1. The fraction of sp³-hybridized carbons (Fsp3) is 0.143. The number of ether oxygens (including phenoxy) is 2. The largest absolute Gasteiger partial charge is 0.493 e. The lowest BCUT2D eigenvalue weighted by atomic mass is 10.1. The number of methoxy groups -OCH3 is 1. The van der Waals surface area contributed by atoms with Gasteiger partial charge in [0.15, 0.2) is 11.5 Å². The Kier molecular flexibility index (Phi) is 7.37. The van der Waals surface area contributed by atoms with Crippen LogP contribution in [-0.2, 0) is 11.3 Å². The molecule has 2 aromatic carbocycles. The van der Waals surface area contributed by atoms with Crippen molar-refractivity contribution in [2.45, 2.75) is 6.54 Å². The number of halogens is 3. The number of rotatable bonds is 6. The van der Waals surface area contributed by atoms with Crippen molar-refractivity contribution in [3.8, 4) is 23.8 Å². The van der Waals surface area contributed by atoms with E-state index in [1.807, 2.05) is 0 Å². The smallest absolute Gasteiger partial charge is 0.293 e. The molecule has 1 fully saturated rings. The zero-order valence-electron chi connectivity index (χ0n) is 15.6. The van der Waals surface area contributed by atoms with Gasteiger partial charge in [0.2, 0.25) is 0 Å². The second-order valence-corrected chi connectivity index (χ2v) is 8.78. The molecular formula is C21H14BrCl2NO4S. The summed E-state index contributed by atoms with van der Waals surface area (Å²) in [7, 11) is 1.50. The van der Waals surface area contributed by atoms with Gasteiger partial charge in [-0.1, -0.05) is 51.1 Å². The summed E-state index contributed by atoms with van der Waals surface area (Å²) in [5.74, 6) is 2.79. The van der Waals surface area contributed by atoms with Crippen molar-refractivity contribution in [3.63, 3.8) is 0 Å². The predicted molar refractivity (Wildman–Crippen MR) is 123 cm³/mol. The van der Waals surface area contributed by atoms with Gasteiger partial charge in [0.25, 0.3) is 11.1 Å². The third-order valence-corrected chi connectivity index (χ3v) is 6.02. The van der Waals surface area contributed by atoms with Gasteiger partial charge in [0.1, 0.15) is 6.61 Å². The molecule has 0 radical (unpaired) electrons. The van der Waals surface area contributed by atoms with Crippen LogP contribution in [0.2, 0.25) is 10.0 Å². The molecule has 154 valence electrons. The van der Waals surface area contributed by atoms with Gasteiger partial charge in [0.05, 0.1) is 18.6 Å². The lowest BCUT2D eigenvalue weighted by Gasteiger charge is -2.14. The van der Waals surface area contributed by atoms with Crippen LogP contribution in [0.25, 0.3) is 6.08 Å². The molecule has 1 saturated heterocycles. The highest BCUT2D eigenvalue weighted by molar-refractivity contribution is 9.10. The molecule has 2 aromatic rings. The molecule has 0 atom stereocenters. The molecule has 0 aromatic heterocycles. The number of benzene rings is 2. The topological polar surface area (TPSA) is 55.8 Å². The highest BCUT2D eigenvalue weighted by Crippen LogP contribution is 2.40. The number of hydrogen-bond donors (Lipinski definition) is 0. The number of nitrogens with zero attached hydrogens (tertiary/aromatic N) is 1. The number of imide groups is 1. The first-order valence-corrected chi connectivity index (χ1v) is 10.8. The van der Waals surface area contributed by atoms with Crippen LogP contribution in [0.1, 0.15) is 11.1 Å². The van der Waals surface area contributed by atoms with E-state index in [1.165, 1.54) is 7.11 Å². The summed E-state index contributed by atoms with van der Waals surface area (Å²) in [6.45, 7) is 0.0651. The van der Waals surface area contributed by atoms with Crippen molar-refractivity contribution in [1.29, 1.82) is 0 Å². The fourth-order valence-corrected chi connectivity index (χ4v) is 4.47. The third kappa shape index (κ3) is 4.96. The lowest BCUT2D eigenvalue weighted by Crippen LogP contribution is -2.27. The van der Waals surface area contributed by atoms with Gasteiger partial charge < -0.3 is 9.47 Å². The van der Waals surface area contributed by atoms with Crippen LogP contribution in [0.3, 0.4) is 0 Å². The molecule has 0 aliphatic carbocycles. The minimum absolute atomic E-state index is 0.0232. The summed E-state index contributed by atoms with van der Waals surface area (Å²) in [5.41, 5.74) is 1.17. The van der Waals surface area contributed by atoms with Gasteiger partial charge in [-0.3, -0.25) is 14.5 Å². The molecule has 1 heterocycles. The minimum atomic E-state index is -0.433. The van der Waals surface area contributed by atoms with Gasteiger partial charge in [-0.05, 0) is 47.7 Å². The molecule has 0 unspecified atom stereocenters. The Hall–Kier alpha value is -2.11. The van der Waals surface area contributed by atoms with Crippen LogP contribution in [-0.4, -0.2) is 29.8 Å². The highest BCUT2D eigenvalue weighted by Gasteiger charge is 2.35. The normalized spacial score (nSPS) is 14.9. The molecule has 0 spiro atoms. The molecule has 3 rings (SSSR count). The maximum absolute atomic E-state index is 12.9. The second kappa shape index (κ2) is 9.80. The number of carbonyl (C=O) groups excluding carboxylic acids is 2. The Morgan fingerprint density at radius 2 is 2.03 bits per heavy atom. The second-order valence-electron chi connectivity index (χ2n) is 6.02. The Balaban J connectivity index is 1.93. The summed E-state index contributed by atoms with van der Waals surface area (Å²) in [5, 5.41) is 0.457. The van der Waals surface area contributed by atoms with E-state index in [4.69, 9.17) is 39.1 Å². The van der Waals surface area contributed by atoms with Crippen LogP contribution >= 0.6 is 50.9 Å². The average Bonchev–Trinajstić information content (AvgIpc) is 2.96. The highest BCUT2D eigenvalue weighted by atomic mass is 79.9. The predicted octanol–water partition coefficient (Wildman–Crippen LogP) is 6.01. The van der Waals surface area contributed by atoms with E-state index in [0.29, 0.717) is 37.1 Å². The number of hydrogen-bond acceptors (Lipinski definition) is 5. The first kappa shape index (κ1) is 22.6. The molecule has 9 heteroatoms. The van der Waals surface area contributed by atoms with Crippen molar-refractivity contribution in [1.82, 2.24) is 4.90 Å². The van der Waals surface area contributed by atoms with E-state index in [0.717, 1.165) is 16.7 Å². The fourth-order valence-electron chi connectivity index (χ4n) is 2.71. The Morgan fingerprint density at radius 3 is 2.70 bits per heavy atom. The molecule has 1 aliphatic rings. The lowest BCUT2D eigenvalue weighted by molar-refractivity contribution is -0.123. The van der Waals surface area contributed by atoms with Gasteiger partial charge >= 0.3 is 0 Å². The molecule has 0 saturated carbocycles. The summed E-state index contributed by atoms with van der Waals surface area (Å²) in [4.78, 5) is 26.8. The first-order chi connectivity index (χ1) is 14.3. The SMILES string of the molecule is C#CCOc1c(/C=C2\SC(=O)N(Cc3ccc(Cl)cc3Cl)C2=O)cc(Br)cc1OC. The number of terminal acetylenes is 1. The van der Waals surface area contributed by atoms with E-state index < -0.39 is 11.1 Å². The van der Waals surface area contributed by atoms with E-state index in [2.05, 4.69) is 21.9 Å². The van der Waals surface area contributed by atoms with E-state index in [1.54, 1.807) is 36.4 Å². The van der Waals surface area contributed by atoms with Gasteiger partial charge in [-0.2, -0.15) is 0 Å². The zero-order chi connectivity index (χ0) is 21.8. The summed E-state index contributed by atoms with van der Waals surface area (Å²) in [6.07, 6.45) is 6.87. The zero-order valence-corrected chi connectivity index (χ0v) is 19.5. The van der Waals surface area contributed by atoms with Crippen LogP contribution in [0.4, 0.5) is 4.79 Å². The van der Waals surface area contributed by atoms with Crippen LogP contribution in [0.5, 0.6) is 11.5 Å². The van der Waals surface area contributed by atoms with Gasteiger partial charge in [-0.25, -0.2) is 0 Å². The molecular weight excluding hydrogens is 513 g/mol. The Labute approximate surface area is 196 Å². The van der Waals surface area contributed by atoms with E-state index >= 15 is 0 Å².